The molecule has 0 saturated heterocycles. The van der Waals surface area contributed by atoms with Crippen molar-refractivity contribution in [3.63, 3.8) is 0 Å². The fraction of sp³-hybridized carbons (Fsp3) is 0.389. The maximum atomic E-state index is 13.1. The van der Waals surface area contributed by atoms with Crippen molar-refractivity contribution in [1.29, 1.82) is 0 Å². The molecule has 9 nitrogen and oxygen atoms in total. The molecule has 0 fully saturated rings. The van der Waals surface area contributed by atoms with Gasteiger partial charge in [-0.3, -0.25) is 14.4 Å². The van der Waals surface area contributed by atoms with E-state index in [1.807, 2.05) is 62.4 Å². The van der Waals surface area contributed by atoms with E-state index in [4.69, 9.17) is 4.74 Å². The molecule has 2 atom stereocenters. The SMILES string of the molecule is CC(C)[C@H](NC(=O)OCC1c2ccccc2-c2ccccc21)C(=O)N[C@@H](C)C(=O)Nc1ccc(CCCC(C)(C)C(=O)O)cc1. The Kier molecular flexibility index (Phi) is 10.6. The average Bonchev–Trinajstić information content (AvgIpc) is 3.32. The highest BCUT2D eigenvalue weighted by Gasteiger charge is 2.31. The summed E-state index contributed by atoms with van der Waals surface area (Å²) < 4.78 is 5.63. The number of ether oxygens (including phenoxy) is 1. The monoisotopic (exact) mass is 613 g/mol. The molecule has 1 aliphatic carbocycles. The molecule has 0 heterocycles. The van der Waals surface area contributed by atoms with E-state index in [1.165, 1.54) is 0 Å². The zero-order valence-corrected chi connectivity index (χ0v) is 26.6. The summed E-state index contributed by atoms with van der Waals surface area (Å²) in [5.41, 5.74) is 5.29. The number of alkyl carbamates (subject to hydrolysis) is 1. The predicted octanol–water partition coefficient (Wildman–Crippen LogP) is 6.13. The number of rotatable bonds is 13. The number of carboxylic acids is 1. The second kappa shape index (κ2) is 14.4. The molecule has 0 saturated carbocycles. The van der Waals surface area contributed by atoms with Gasteiger partial charge in [-0.2, -0.15) is 0 Å². The number of aliphatic carboxylic acids is 1. The lowest BCUT2D eigenvalue weighted by molar-refractivity contribution is -0.147. The smallest absolute Gasteiger partial charge is 0.407 e. The highest BCUT2D eigenvalue weighted by molar-refractivity contribution is 5.98. The number of anilines is 1. The molecule has 0 bridgehead atoms. The first-order chi connectivity index (χ1) is 21.4. The Labute approximate surface area is 264 Å². The molecule has 0 radical (unpaired) electrons. The first kappa shape index (κ1) is 33.2. The van der Waals surface area contributed by atoms with Crippen LogP contribution in [-0.2, 0) is 25.5 Å². The second-order valence-corrected chi connectivity index (χ2v) is 12.7. The van der Waals surface area contributed by atoms with Gasteiger partial charge >= 0.3 is 12.1 Å². The molecule has 9 heteroatoms. The van der Waals surface area contributed by atoms with Gasteiger partial charge in [0.15, 0.2) is 0 Å². The molecule has 0 aliphatic heterocycles. The highest BCUT2D eigenvalue weighted by atomic mass is 16.5. The number of carbonyl (C=O) groups excluding carboxylic acids is 3. The van der Waals surface area contributed by atoms with Crippen LogP contribution in [0.4, 0.5) is 10.5 Å². The zero-order valence-electron chi connectivity index (χ0n) is 26.6. The van der Waals surface area contributed by atoms with Crippen LogP contribution in [0, 0.1) is 11.3 Å². The Bertz CT molecular complexity index is 1490. The maximum Gasteiger partial charge on any atom is 0.407 e. The van der Waals surface area contributed by atoms with E-state index in [2.05, 4.69) is 28.1 Å². The lowest BCUT2D eigenvalue weighted by atomic mass is 9.87. The van der Waals surface area contributed by atoms with E-state index in [1.54, 1.807) is 32.9 Å². The molecule has 4 N–H and O–H groups in total. The summed E-state index contributed by atoms with van der Waals surface area (Å²) in [7, 11) is 0. The van der Waals surface area contributed by atoms with E-state index >= 15 is 0 Å². The van der Waals surface area contributed by atoms with Crippen LogP contribution in [0.5, 0.6) is 0 Å². The molecule has 0 spiro atoms. The quantitative estimate of drug-likeness (QED) is 0.183. The summed E-state index contributed by atoms with van der Waals surface area (Å²) in [5.74, 6) is -2.05. The van der Waals surface area contributed by atoms with Gasteiger partial charge in [0, 0.05) is 11.6 Å². The Morgan fingerprint density at radius 2 is 1.40 bits per heavy atom. The maximum absolute atomic E-state index is 13.1. The lowest BCUT2D eigenvalue weighted by Crippen LogP contribution is -2.53. The Morgan fingerprint density at radius 1 is 0.822 bits per heavy atom. The van der Waals surface area contributed by atoms with Crippen molar-refractivity contribution in [2.45, 2.75) is 71.9 Å². The van der Waals surface area contributed by atoms with Crippen LogP contribution < -0.4 is 16.0 Å². The number of aryl methyl sites for hydroxylation is 1. The molecule has 3 aromatic rings. The molecule has 0 aromatic heterocycles. The van der Waals surface area contributed by atoms with Crippen LogP contribution in [0.3, 0.4) is 0 Å². The number of hydrogen-bond acceptors (Lipinski definition) is 5. The van der Waals surface area contributed by atoms with Gasteiger partial charge in [0.2, 0.25) is 11.8 Å². The van der Waals surface area contributed by atoms with Gasteiger partial charge < -0.3 is 25.8 Å². The largest absolute Gasteiger partial charge is 0.481 e. The van der Waals surface area contributed by atoms with Gasteiger partial charge in [-0.1, -0.05) is 74.5 Å². The van der Waals surface area contributed by atoms with Crippen molar-refractivity contribution in [3.05, 3.63) is 89.5 Å². The fourth-order valence-corrected chi connectivity index (χ4v) is 5.52. The van der Waals surface area contributed by atoms with E-state index in [0.29, 0.717) is 12.1 Å². The molecule has 3 aromatic carbocycles. The number of nitrogens with one attached hydrogen (secondary N) is 3. The Hall–Kier alpha value is -4.66. The number of hydrogen-bond donors (Lipinski definition) is 4. The molecule has 4 rings (SSSR count). The van der Waals surface area contributed by atoms with Crippen molar-refractivity contribution in [3.8, 4) is 11.1 Å². The van der Waals surface area contributed by atoms with Crippen molar-refractivity contribution in [2.75, 3.05) is 11.9 Å². The van der Waals surface area contributed by atoms with Crippen molar-refractivity contribution >= 4 is 29.6 Å². The molecule has 3 amide bonds. The normalized spacial score (nSPS) is 13.7. The van der Waals surface area contributed by atoms with Crippen molar-refractivity contribution in [1.82, 2.24) is 10.6 Å². The number of carboxylic acid groups (broad SMARTS) is 1. The van der Waals surface area contributed by atoms with E-state index < -0.39 is 41.4 Å². The minimum atomic E-state index is -0.902. The van der Waals surface area contributed by atoms with Gasteiger partial charge in [0.25, 0.3) is 0 Å². The predicted molar refractivity (Wildman–Crippen MR) is 174 cm³/mol. The first-order valence-electron chi connectivity index (χ1n) is 15.4. The topological polar surface area (TPSA) is 134 Å². The number of benzene rings is 3. The molecular formula is C36H43N3O6. The summed E-state index contributed by atoms with van der Waals surface area (Å²) in [6, 6.07) is 21.7. The third-order valence-electron chi connectivity index (χ3n) is 8.39. The van der Waals surface area contributed by atoms with Gasteiger partial charge in [-0.25, -0.2) is 4.79 Å². The Morgan fingerprint density at radius 3 is 1.96 bits per heavy atom. The lowest BCUT2D eigenvalue weighted by Gasteiger charge is -2.24. The summed E-state index contributed by atoms with van der Waals surface area (Å²) >= 11 is 0. The summed E-state index contributed by atoms with van der Waals surface area (Å²) in [4.78, 5) is 50.1. The Balaban J connectivity index is 1.27. The van der Waals surface area contributed by atoms with Crippen LogP contribution in [0.25, 0.3) is 11.1 Å². The van der Waals surface area contributed by atoms with Crippen LogP contribution in [-0.4, -0.2) is 47.7 Å². The minimum Gasteiger partial charge on any atom is -0.481 e. The summed E-state index contributed by atoms with van der Waals surface area (Å²) in [6.45, 7) is 8.76. The molecule has 1 aliphatic rings. The van der Waals surface area contributed by atoms with Gasteiger partial charge in [0.1, 0.15) is 18.7 Å². The van der Waals surface area contributed by atoms with Crippen LogP contribution >= 0.6 is 0 Å². The van der Waals surface area contributed by atoms with Crippen molar-refractivity contribution < 1.29 is 29.0 Å². The van der Waals surface area contributed by atoms with E-state index in [9.17, 15) is 24.3 Å². The minimum absolute atomic E-state index is 0.101. The van der Waals surface area contributed by atoms with E-state index in [0.717, 1.165) is 40.7 Å². The van der Waals surface area contributed by atoms with Gasteiger partial charge in [-0.15, -0.1) is 0 Å². The second-order valence-electron chi connectivity index (χ2n) is 12.7. The number of carbonyl (C=O) groups is 4. The third-order valence-corrected chi connectivity index (χ3v) is 8.39. The van der Waals surface area contributed by atoms with Crippen LogP contribution in [0.2, 0.25) is 0 Å². The molecule has 45 heavy (non-hydrogen) atoms. The van der Waals surface area contributed by atoms with Crippen LogP contribution in [0.15, 0.2) is 72.8 Å². The molecule has 0 unspecified atom stereocenters. The van der Waals surface area contributed by atoms with Gasteiger partial charge in [0.05, 0.1) is 5.41 Å². The number of amides is 3. The van der Waals surface area contributed by atoms with Crippen LogP contribution in [0.1, 0.15) is 70.1 Å². The summed E-state index contributed by atoms with van der Waals surface area (Å²) in [6.07, 6.45) is 1.32. The highest BCUT2D eigenvalue weighted by Crippen LogP contribution is 2.44. The van der Waals surface area contributed by atoms with Crippen molar-refractivity contribution in [2.24, 2.45) is 11.3 Å². The van der Waals surface area contributed by atoms with E-state index in [-0.39, 0.29) is 18.4 Å². The third kappa shape index (κ3) is 8.29. The molecule has 238 valence electrons. The number of fused-ring (bicyclic) bond motifs is 3. The summed E-state index contributed by atoms with van der Waals surface area (Å²) in [5, 5.41) is 17.5. The van der Waals surface area contributed by atoms with Gasteiger partial charge in [-0.05, 0) is 85.9 Å². The zero-order chi connectivity index (χ0) is 32.7. The standard InChI is InChI=1S/C36H43N3O6/c1-22(2)31(39-35(44)45-21-30-28-14-8-6-12-26(28)27-13-7-9-15-29(27)30)33(41)37-23(3)32(40)38-25-18-16-24(17-19-25)11-10-20-36(4,5)34(42)43/h6-9,12-19,22-23,30-31H,10-11,20-21H2,1-5H3,(H,37,41)(H,38,40)(H,39,44)(H,42,43)/t23-,31-/m0/s1. The fourth-order valence-electron chi connectivity index (χ4n) is 5.52. The molecular weight excluding hydrogens is 570 g/mol. The first-order valence-corrected chi connectivity index (χ1v) is 15.4. The average molecular weight is 614 g/mol.